The summed E-state index contributed by atoms with van der Waals surface area (Å²) in [5.74, 6) is -0.288. The summed E-state index contributed by atoms with van der Waals surface area (Å²) in [5, 5.41) is 7.43. The molecule has 18 heavy (non-hydrogen) atoms. The molecular weight excluding hydrogens is 250 g/mol. The Morgan fingerprint density at radius 2 is 2.00 bits per heavy atom. The number of anilines is 2. The van der Waals surface area contributed by atoms with Gasteiger partial charge in [-0.15, -0.1) is 11.3 Å². The lowest BCUT2D eigenvalue weighted by molar-refractivity contribution is 0.101. The number of nitrogen functional groups attached to an aromatic ring is 1. The molecule has 1 amide bonds. The molecule has 0 saturated carbocycles. The van der Waals surface area contributed by atoms with Crippen molar-refractivity contribution in [2.24, 2.45) is 7.05 Å². The van der Waals surface area contributed by atoms with E-state index in [2.05, 4.69) is 15.4 Å². The average Bonchev–Trinajstić information content (AvgIpc) is 2.69. The molecule has 0 atom stereocenters. The highest BCUT2D eigenvalue weighted by Gasteiger charge is 2.19. The summed E-state index contributed by atoms with van der Waals surface area (Å²) in [6.07, 6.45) is 0. The van der Waals surface area contributed by atoms with Gasteiger partial charge in [-0.2, -0.15) is 5.10 Å². The fourth-order valence-electron chi connectivity index (χ4n) is 1.63. The molecule has 0 saturated heterocycles. The van der Waals surface area contributed by atoms with Gasteiger partial charge >= 0.3 is 0 Å². The SMILES string of the molecule is Cc1nc(NC(=O)c2c(N)c(C)nn2C)sc1C. The van der Waals surface area contributed by atoms with Crippen molar-refractivity contribution in [2.45, 2.75) is 20.8 Å². The van der Waals surface area contributed by atoms with Gasteiger partial charge in [0.15, 0.2) is 5.13 Å². The van der Waals surface area contributed by atoms with E-state index in [0.717, 1.165) is 10.6 Å². The molecule has 0 aliphatic heterocycles. The number of rotatable bonds is 2. The Hall–Kier alpha value is -1.89. The van der Waals surface area contributed by atoms with Crippen molar-refractivity contribution in [2.75, 3.05) is 11.1 Å². The number of hydrogen-bond acceptors (Lipinski definition) is 5. The second kappa shape index (κ2) is 4.41. The molecule has 0 spiro atoms. The van der Waals surface area contributed by atoms with E-state index in [4.69, 9.17) is 5.73 Å². The zero-order valence-corrected chi connectivity index (χ0v) is 11.6. The van der Waals surface area contributed by atoms with Crippen molar-refractivity contribution < 1.29 is 4.79 Å². The fourth-order valence-corrected chi connectivity index (χ4v) is 2.44. The first kappa shape index (κ1) is 12.6. The maximum Gasteiger partial charge on any atom is 0.277 e. The zero-order valence-electron chi connectivity index (χ0n) is 10.7. The van der Waals surface area contributed by atoms with E-state index < -0.39 is 0 Å². The maximum absolute atomic E-state index is 12.1. The highest BCUT2D eigenvalue weighted by atomic mass is 32.1. The van der Waals surface area contributed by atoms with Crippen molar-refractivity contribution in [1.82, 2.24) is 14.8 Å². The van der Waals surface area contributed by atoms with Crippen molar-refractivity contribution >= 4 is 28.1 Å². The number of carbonyl (C=O) groups excluding carboxylic acids is 1. The van der Waals surface area contributed by atoms with E-state index in [9.17, 15) is 4.79 Å². The van der Waals surface area contributed by atoms with Gasteiger partial charge in [0.1, 0.15) is 5.69 Å². The average molecular weight is 265 g/mol. The van der Waals surface area contributed by atoms with Gasteiger partial charge in [0.25, 0.3) is 5.91 Å². The molecule has 0 aromatic carbocycles. The van der Waals surface area contributed by atoms with Gasteiger partial charge in [0.2, 0.25) is 0 Å². The Morgan fingerprint density at radius 3 is 2.44 bits per heavy atom. The second-order valence-corrected chi connectivity index (χ2v) is 5.29. The number of amides is 1. The fraction of sp³-hybridized carbons (Fsp3) is 0.364. The van der Waals surface area contributed by atoms with E-state index in [1.807, 2.05) is 13.8 Å². The van der Waals surface area contributed by atoms with Crippen LogP contribution in [0, 0.1) is 20.8 Å². The van der Waals surface area contributed by atoms with Crippen LogP contribution in [0.5, 0.6) is 0 Å². The molecule has 3 N–H and O–H groups in total. The predicted octanol–water partition coefficient (Wildman–Crippen LogP) is 1.64. The summed E-state index contributed by atoms with van der Waals surface area (Å²) >= 11 is 1.44. The predicted molar refractivity (Wildman–Crippen MR) is 71.9 cm³/mol. The van der Waals surface area contributed by atoms with Crippen molar-refractivity contribution in [1.29, 1.82) is 0 Å². The Balaban J connectivity index is 2.27. The van der Waals surface area contributed by atoms with E-state index in [1.165, 1.54) is 16.0 Å². The van der Waals surface area contributed by atoms with Gasteiger partial charge in [-0.05, 0) is 20.8 Å². The van der Waals surface area contributed by atoms with Crippen LogP contribution in [0.15, 0.2) is 0 Å². The quantitative estimate of drug-likeness (QED) is 0.864. The van der Waals surface area contributed by atoms with Gasteiger partial charge in [-0.25, -0.2) is 4.98 Å². The number of aryl methyl sites for hydroxylation is 4. The summed E-state index contributed by atoms with van der Waals surface area (Å²) in [6, 6.07) is 0. The number of nitrogens with zero attached hydrogens (tertiary/aromatic N) is 3. The molecule has 7 heteroatoms. The Morgan fingerprint density at radius 1 is 1.33 bits per heavy atom. The molecule has 96 valence electrons. The van der Waals surface area contributed by atoms with Gasteiger partial charge in [-0.1, -0.05) is 0 Å². The topological polar surface area (TPSA) is 85.8 Å². The van der Waals surface area contributed by atoms with Crippen LogP contribution in [0.25, 0.3) is 0 Å². The molecule has 2 aromatic heterocycles. The molecule has 2 rings (SSSR count). The van der Waals surface area contributed by atoms with Crippen LogP contribution in [0.4, 0.5) is 10.8 Å². The van der Waals surface area contributed by atoms with Crippen LogP contribution in [-0.4, -0.2) is 20.7 Å². The summed E-state index contributed by atoms with van der Waals surface area (Å²) in [7, 11) is 1.69. The van der Waals surface area contributed by atoms with E-state index in [0.29, 0.717) is 22.2 Å². The lowest BCUT2D eigenvalue weighted by Gasteiger charge is -2.02. The smallest absolute Gasteiger partial charge is 0.277 e. The van der Waals surface area contributed by atoms with Crippen molar-refractivity contribution in [3.05, 3.63) is 22.0 Å². The molecule has 0 radical (unpaired) electrons. The van der Waals surface area contributed by atoms with Crippen LogP contribution in [0.1, 0.15) is 26.8 Å². The molecule has 0 aliphatic rings. The minimum atomic E-state index is -0.288. The number of hydrogen-bond donors (Lipinski definition) is 2. The first-order valence-corrected chi connectivity index (χ1v) is 6.26. The number of carbonyl (C=O) groups is 1. The van der Waals surface area contributed by atoms with Gasteiger partial charge in [-0.3, -0.25) is 14.8 Å². The number of thiazole rings is 1. The Bertz CT molecular complexity index is 594. The summed E-state index contributed by atoms with van der Waals surface area (Å²) in [5.41, 5.74) is 8.16. The van der Waals surface area contributed by atoms with Crippen LogP contribution < -0.4 is 11.1 Å². The van der Waals surface area contributed by atoms with E-state index in [-0.39, 0.29) is 5.91 Å². The summed E-state index contributed by atoms with van der Waals surface area (Å²) in [6.45, 7) is 5.64. The number of nitrogens with one attached hydrogen (secondary N) is 1. The number of aromatic nitrogens is 3. The van der Waals surface area contributed by atoms with Gasteiger partial charge in [0.05, 0.1) is 17.1 Å². The largest absolute Gasteiger partial charge is 0.395 e. The minimum absolute atomic E-state index is 0.288. The zero-order chi connectivity index (χ0) is 13.4. The summed E-state index contributed by atoms with van der Waals surface area (Å²) in [4.78, 5) is 17.4. The highest BCUT2D eigenvalue weighted by Crippen LogP contribution is 2.23. The molecule has 0 bridgehead atoms. The van der Waals surface area contributed by atoms with Crippen molar-refractivity contribution in [3.8, 4) is 0 Å². The number of nitrogens with two attached hydrogens (primary N) is 1. The third kappa shape index (κ3) is 2.08. The second-order valence-electron chi connectivity index (χ2n) is 4.09. The monoisotopic (exact) mass is 265 g/mol. The molecule has 0 unspecified atom stereocenters. The Kier molecular flexibility index (Phi) is 3.08. The summed E-state index contributed by atoms with van der Waals surface area (Å²) < 4.78 is 1.48. The molecular formula is C11H15N5OS. The maximum atomic E-state index is 12.1. The van der Waals surface area contributed by atoms with Gasteiger partial charge in [0, 0.05) is 11.9 Å². The minimum Gasteiger partial charge on any atom is -0.395 e. The normalized spacial score (nSPS) is 10.7. The highest BCUT2D eigenvalue weighted by molar-refractivity contribution is 7.15. The van der Waals surface area contributed by atoms with Crippen molar-refractivity contribution in [3.63, 3.8) is 0 Å². The first-order valence-electron chi connectivity index (χ1n) is 5.44. The first-order chi connectivity index (χ1) is 8.40. The van der Waals surface area contributed by atoms with Crippen LogP contribution >= 0.6 is 11.3 Å². The van der Waals surface area contributed by atoms with Crippen LogP contribution in [0.2, 0.25) is 0 Å². The standard InChI is InChI=1S/C11H15N5OS/c1-5-7(3)18-11(13-5)14-10(17)9-8(12)6(2)15-16(9)4/h12H2,1-4H3,(H,13,14,17). The van der Waals surface area contributed by atoms with Crippen LogP contribution in [-0.2, 0) is 7.05 Å². The third-order valence-electron chi connectivity index (χ3n) is 2.73. The molecule has 0 aliphatic carbocycles. The van der Waals surface area contributed by atoms with Gasteiger partial charge < -0.3 is 5.73 Å². The third-order valence-corrected chi connectivity index (χ3v) is 3.72. The molecule has 6 nitrogen and oxygen atoms in total. The molecule has 2 heterocycles. The van der Waals surface area contributed by atoms with Crippen LogP contribution in [0.3, 0.4) is 0 Å². The van der Waals surface area contributed by atoms with E-state index >= 15 is 0 Å². The lowest BCUT2D eigenvalue weighted by atomic mass is 10.3. The molecule has 2 aromatic rings. The Labute approximate surface area is 109 Å². The lowest BCUT2D eigenvalue weighted by Crippen LogP contribution is -2.17. The van der Waals surface area contributed by atoms with E-state index in [1.54, 1.807) is 14.0 Å². The molecule has 0 fully saturated rings.